The van der Waals surface area contributed by atoms with Gasteiger partial charge >= 0.3 is 5.97 Å². The Hall–Kier alpha value is -2.74. The molecule has 2 rings (SSSR count). The fraction of sp³-hybridized carbons (Fsp3) is 0.0769. The number of hydrogen-bond acceptors (Lipinski definition) is 5. The van der Waals surface area contributed by atoms with Crippen LogP contribution in [-0.2, 0) is 0 Å². The van der Waals surface area contributed by atoms with E-state index in [1.165, 1.54) is 17.4 Å². The molecule has 0 aliphatic carbocycles. The SMILES string of the molecule is Cc1ccc(C(=O)Nc2ccc([N+](=O)[O-])cc2C(=O)O)s1. The van der Waals surface area contributed by atoms with E-state index in [2.05, 4.69) is 5.32 Å². The van der Waals surface area contributed by atoms with Gasteiger partial charge < -0.3 is 10.4 Å². The number of nitro benzene ring substituents is 1. The second-order valence-corrected chi connectivity index (χ2v) is 5.44. The molecule has 0 saturated heterocycles. The van der Waals surface area contributed by atoms with Crippen molar-refractivity contribution in [1.29, 1.82) is 0 Å². The van der Waals surface area contributed by atoms with Crippen molar-refractivity contribution < 1.29 is 19.6 Å². The smallest absolute Gasteiger partial charge is 0.338 e. The van der Waals surface area contributed by atoms with Crippen LogP contribution >= 0.6 is 11.3 Å². The minimum atomic E-state index is -1.35. The van der Waals surface area contributed by atoms with Gasteiger partial charge in [-0.1, -0.05) is 0 Å². The molecular formula is C13H10N2O5S. The summed E-state index contributed by atoms with van der Waals surface area (Å²) in [6, 6.07) is 6.66. The predicted octanol–water partition coefficient (Wildman–Crippen LogP) is 2.92. The number of amides is 1. The van der Waals surface area contributed by atoms with Crippen molar-refractivity contribution in [3.05, 3.63) is 55.8 Å². The van der Waals surface area contributed by atoms with Gasteiger partial charge in [0, 0.05) is 17.0 Å². The molecule has 0 unspecified atom stereocenters. The Kier molecular flexibility index (Phi) is 3.99. The van der Waals surface area contributed by atoms with Gasteiger partial charge in [-0.15, -0.1) is 11.3 Å². The summed E-state index contributed by atoms with van der Waals surface area (Å²) in [5, 5.41) is 22.2. The molecule has 1 aromatic carbocycles. The molecule has 0 fully saturated rings. The van der Waals surface area contributed by atoms with Gasteiger partial charge in [0.15, 0.2) is 0 Å². The number of nitrogens with zero attached hydrogens (tertiary/aromatic N) is 1. The number of thiophene rings is 1. The third-order valence-electron chi connectivity index (χ3n) is 2.66. The van der Waals surface area contributed by atoms with E-state index in [1.54, 1.807) is 12.1 Å². The van der Waals surface area contributed by atoms with E-state index >= 15 is 0 Å². The fourth-order valence-corrected chi connectivity index (χ4v) is 2.43. The molecule has 0 spiro atoms. The number of hydrogen-bond donors (Lipinski definition) is 2. The average Bonchev–Trinajstić information content (AvgIpc) is 2.85. The van der Waals surface area contributed by atoms with Crippen LogP contribution in [0.3, 0.4) is 0 Å². The second kappa shape index (κ2) is 5.71. The quantitative estimate of drug-likeness (QED) is 0.666. The van der Waals surface area contributed by atoms with E-state index in [4.69, 9.17) is 5.11 Å². The maximum atomic E-state index is 12.0. The zero-order valence-corrected chi connectivity index (χ0v) is 11.6. The number of carboxylic acid groups (broad SMARTS) is 1. The first-order valence-electron chi connectivity index (χ1n) is 5.78. The predicted molar refractivity (Wildman–Crippen MR) is 77.1 cm³/mol. The fourth-order valence-electron chi connectivity index (χ4n) is 1.67. The highest BCUT2D eigenvalue weighted by atomic mass is 32.1. The number of nitrogens with one attached hydrogen (secondary N) is 1. The van der Waals surface area contributed by atoms with Crippen LogP contribution in [0.5, 0.6) is 0 Å². The normalized spacial score (nSPS) is 10.1. The molecule has 7 nitrogen and oxygen atoms in total. The Morgan fingerprint density at radius 3 is 2.52 bits per heavy atom. The van der Waals surface area contributed by atoms with Gasteiger partial charge in [-0.05, 0) is 25.1 Å². The molecule has 0 atom stereocenters. The molecule has 108 valence electrons. The first-order chi connectivity index (χ1) is 9.88. The topological polar surface area (TPSA) is 110 Å². The van der Waals surface area contributed by atoms with Crippen LogP contribution in [0.4, 0.5) is 11.4 Å². The maximum Gasteiger partial charge on any atom is 0.338 e. The lowest BCUT2D eigenvalue weighted by Gasteiger charge is -2.07. The van der Waals surface area contributed by atoms with Crippen molar-refractivity contribution in [1.82, 2.24) is 0 Å². The van der Waals surface area contributed by atoms with E-state index in [9.17, 15) is 19.7 Å². The number of aryl methyl sites for hydroxylation is 1. The standard InChI is InChI=1S/C13H10N2O5S/c1-7-2-5-11(21-7)12(16)14-10-4-3-8(15(19)20)6-9(10)13(17)18/h2-6H,1H3,(H,14,16)(H,17,18). The summed E-state index contributed by atoms with van der Waals surface area (Å²) in [6.07, 6.45) is 0. The van der Waals surface area contributed by atoms with Crippen molar-refractivity contribution in [2.75, 3.05) is 5.32 Å². The first kappa shape index (κ1) is 14.7. The van der Waals surface area contributed by atoms with E-state index < -0.39 is 16.8 Å². The number of aromatic carboxylic acids is 1. The molecule has 0 radical (unpaired) electrons. The summed E-state index contributed by atoms with van der Waals surface area (Å²) in [4.78, 5) is 34.5. The van der Waals surface area contributed by atoms with E-state index in [1.807, 2.05) is 6.92 Å². The van der Waals surface area contributed by atoms with Gasteiger partial charge in [0.2, 0.25) is 0 Å². The van der Waals surface area contributed by atoms with Crippen LogP contribution in [-0.4, -0.2) is 21.9 Å². The number of benzene rings is 1. The molecule has 1 amide bonds. The van der Waals surface area contributed by atoms with Crippen molar-refractivity contribution in [2.45, 2.75) is 6.92 Å². The highest BCUT2D eigenvalue weighted by Crippen LogP contribution is 2.24. The number of carbonyl (C=O) groups excluding carboxylic acids is 1. The van der Waals surface area contributed by atoms with Crippen LogP contribution in [0.2, 0.25) is 0 Å². The molecule has 0 aliphatic rings. The Bertz CT molecular complexity index is 738. The molecule has 2 N–H and O–H groups in total. The van der Waals surface area contributed by atoms with Crippen molar-refractivity contribution in [2.24, 2.45) is 0 Å². The highest BCUT2D eigenvalue weighted by Gasteiger charge is 2.18. The van der Waals surface area contributed by atoms with E-state index in [-0.39, 0.29) is 16.9 Å². The van der Waals surface area contributed by atoms with Crippen LogP contribution in [0.1, 0.15) is 24.9 Å². The molecule has 8 heteroatoms. The van der Waals surface area contributed by atoms with Crippen LogP contribution in [0.15, 0.2) is 30.3 Å². The highest BCUT2D eigenvalue weighted by molar-refractivity contribution is 7.14. The minimum absolute atomic E-state index is 0.0177. The van der Waals surface area contributed by atoms with Gasteiger partial charge in [-0.3, -0.25) is 14.9 Å². The third-order valence-corrected chi connectivity index (χ3v) is 3.66. The van der Waals surface area contributed by atoms with Crippen LogP contribution < -0.4 is 5.32 Å². The van der Waals surface area contributed by atoms with Gasteiger partial charge in [0.05, 0.1) is 21.1 Å². The summed E-state index contributed by atoms with van der Waals surface area (Å²) in [5.41, 5.74) is -0.660. The molecule has 0 aliphatic heterocycles. The van der Waals surface area contributed by atoms with Gasteiger partial charge in [-0.2, -0.15) is 0 Å². The maximum absolute atomic E-state index is 12.0. The van der Waals surface area contributed by atoms with E-state index in [0.29, 0.717) is 4.88 Å². The number of anilines is 1. The molecule has 21 heavy (non-hydrogen) atoms. The largest absolute Gasteiger partial charge is 0.478 e. The number of carbonyl (C=O) groups is 2. The molecular weight excluding hydrogens is 296 g/mol. The third kappa shape index (κ3) is 3.23. The van der Waals surface area contributed by atoms with Crippen LogP contribution in [0, 0.1) is 17.0 Å². The van der Waals surface area contributed by atoms with Gasteiger partial charge in [0.25, 0.3) is 11.6 Å². The summed E-state index contributed by atoms with van der Waals surface area (Å²) in [5.74, 6) is -1.80. The minimum Gasteiger partial charge on any atom is -0.478 e. The molecule has 1 aromatic heterocycles. The zero-order valence-electron chi connectivity index (χ0n) is 10.8. The number of nitro groups is 1. The van der Waals surface area contributed by atoms with Crippen molar-refractivity contribution in [3.8, 4) is 0 Å². The molecule has 0 bridgehead atoms. The Morgan fingerprint density at radius 2 is 2.00 bits per heavy atom. The van der Waals surface area contributed by atoms with Crippen molar-refractivity contribution in [3.63, 3.8) is 0 Å². The Balaban J connectivity index is 2.33. The second-order valence-electron chi connectivity index (χ2n) is 4.16. The number of non-ortho nitro benzene ring substituents is 1. The van der Waals surface area contributed by atoms with Gasteiger partial charge in [0.1, 0.15) is 0 Å². The summed E-state index contributed by atoms with van der Waals surface area (Å²) in [7, 11) is 0. The average molecular weight is 306 g/mol. The lowest BCUT2D eigenvalue weighted by atomic mass is 10.1. The zero-order chi connectivity index (χ0) is 15.6. The molecule has 1 heterocycles. The molecule has 0 saturated carbocycles. The van der Waals surface area contributed by atoms with Crippen molar-refractivity contribution >= 4 is 34.6 Å². The summed E-state index contributed by atoms with van der Waals surface area (Å²) in [6.45, 7) is 1.84. The lowest BCUT2D eigenvalue weighted by Crippen LogP contribution is -2.13. The summed E-state index contributed by atoms with van der Waals surface area (Å²) >= 11 is 1.27. The Labute approximate surface area is 123 Å². The number of carboxylic acids is 1. The number of rotatable bonds is 4. The molecule has 2 aromatic rings. The van der Waals surface area contributed by atoms with E-state index in [0.717, 1.165) is 17.0 Å². The summed E-state index contributed by atoms with van der Waals surface area (Å²) < 4.78 is 0. The Morgan fingerprint density at radius 1 is 1.29 bits per heavy atom. The van der Waals surface area contributed by atoms with Gasteiger partial charge in [-0.25, -0.2) is 4.79 Å². The van der Waals surface area contributed by atoms with Crippen LogP contribution in [0.25, 0.3) is 0 Å². The first-order valence-corrected chi connectivity index (χ1v) is 6.59. The lowest BCUT2D eigenvalue weighted by molar-refractivity contribution is -0.384. The monoisotopic (exact) mass is 306 g/mol.